The average Bonchev–Trinajstić information content (AvgIpc) is 3.27. The minimum absolute atomic E-state index is 0.434. The van der Waals surface area contributed by atoms with E-state index in [1.165, 1.54) is 0 Å². The van der Waals surface area contributed by atoms with Crippen LogP contribution in [0.2, 0.25) is 0 Å². The second-order valence-electron chi connectivity index (χ2n) is 5.89. The van der Waals surface area contributed by atoms with Crippen molar-refractivity contribution < 1.29 is 4.42 Å². The summed E-state index contributed by atoms with van der Waals surface area (Å²) in [6, 6.07) is 8.30. The Labute approximate surface area is 147 Å². The van der Waals surface area contributed by atoms with Crippen molar-refractivity contribution in [2.75, 3.05) is 13.1 Å². The monoisotopic (exact) mass is 388 g/mol. The van der Waals surface area contributed by atoms with Gasteiger partial charge >= 0.3 is 0 Å². The first kappa shape index (κ1) is 15.5. The van der Waals surface area contributed by atoms with Gasteiger partial charge in [-0.2, -0.15) is 5.10 Å². The quantitative estimate of drug-likeness (QED) is 0.683. The predicted molar refractivity (Wildman–Crippen MR) is 91.0 cm³/mol. The first-order chi connectivity index (χ1) is 11.8. The van der Waals surface area contributed by atoms with E-state index in [-0.39, 0.29) is 0 Å². The van der Waals surface area contributed by atoms with Gasteiger partial charge in [-0.05, 0) is 31.0 Å². The highest BCUT2D eigenvalue weighted by atomic mass is 79.9. The second-order valence-corrected chi connectivity index (χ2v) is 6.81. The molecule has 2 aromatic heterocycles. The Balaban J connectivity index is 1.37. The number of hydrogen-bond acceptors (Lipinski definition) is 6. The fourth-order valence-electron chi connectivity index (χ4n) is 2.99. The van der Waals surface area contributed by atoms with E-state index in [1.807, 2.05) is 28.9 Å². The van der Waals surface area contributed by atoms with Crippen LogP contribution in [0, 0.1) is 0 Å². The van der Waals surface area contributed by atoms with Gasteiger partial charge in [-0.25, -0.2) is 9.67 Å². The number of benzene rings is 1. The maximum atomic E-state index is 5.81. The number of hydrogen-bond donors (Lipinski definition) is 0. The van der Waals surface area contributed by atoms with Crippen LogP contribution in [0.1, 0.15) is 24.8 Å². The molecule has 24 heavy (non-hydrogen) atoms. The summed E-state index contributed by atoms with van der Waals surface area (Å²) in [7, 11) is 0. The van der Waals surface area contributed by atoms with Crippen LogP contribution in [0.3, 0.4) is 0 Å². The summed E-state index contributed by atoms with van der Waals surface area (Å²) >= 11 is 3.46. The van der Waals surface area contributed by atoms with Gasteiger partial charge in [-0.3, -0.25) is 4.90 Å². The molecule has 1 aliphatic rings. The van der Waals surface area contributed by atoms with Crippen LogP contribution < -0.4 is 0 Å². The molecule has 0 saturated carbocycles. The molecule has 1 aliphatic heterocycles. The molecule has 0 atom stereocenters. The summed E-state index contributed by atoms with van der Waals surface area (Å²) in [5, 5.41) is 12.6. The Bertz CT molecular complexity index is 795. The minimum atomic E-state index is 0.434. The summed E-state index contributed by atoms with van der Waals surface area (Å²) < 4.78 is 8.76. The molecule has 0 unspecified atom stereocenters. The van der Waals surface area contributed by atoms with Crippen molar-refractivity contribution in [2.45, 2.75) is 25.4 Å². The molecule has 124 valence electrons. The smallest absolute Gasteiger partial charge is 0.247 e. The highest BCUT2D eigenvalue weighted by Gasteiger charge is 2.22. The van der Waals surface area contributed by atoms with Crippen LogP contribution in [-0.4, -0.2) is 43.0 Å². The Morgan fingerprint density at radius 1 is 1.21 bits per heavy atom. The third kappa shape index (κ3) is 3.39. The Morgan fingerprint density at radius 3 is 2.83 bits per heavy atom. The first-order valence-corrected chi connectivity index (χ1v) is 8.72. The zero-order chi connectivity index (χ0) is 16.4. The Hall–Kier alpha value is -2.06. The summed E-state index contributed by atoms with van der Waals surface area (Å²) in [6.07, 6.45) is 5.49. The van der Waals surface area contributed by atoms with Gasteiger partial charge in [0.25, 0.3) is 0 Å². The molecule has 3 heterocycles. The number of likely N-dealkylation sites (tertiary alicyclic amines) is 1. The molecule has 0 N–H and O–H groups in total. The van der Waals surface area contributed by atoms with E-state index in [0.717, 1.165) is 36.0 Å². The normalized spacial score (nSPS) is 16.5. The van der Waals surface area contributed by atoms with Crippen LogP contribution in [-0.2, 0) is 6.54 Å². The number of nitrogens with zero attached hydrogens (tertiary/aromatic N) is 6. The van der Waals surface area contributed by atoms with Crippen LogP contribution in [0.5, 0.6) is 0 Å². The fourth-order valence-corrected chi connectivity index (χ4v) is 3.39. The van der Waals surface area contributed by atoms with Crippen LogP contribution in [0.15, 0.2) is 45.8 Å². The van der Waals surface area contributed by atoms with Gasteiger partial charge < -0.3 is 4.42 Å². The molecule has 4 rings (SSSR count). The van der Waals surface area contributed by atoms with Crippen molar-refractivity contribution in [3.63, 3.8) is 0 Å². The van der Waals surface area contributed by atoms with Crippen molar-refractivity contribution in [1.82, 2.24) is 29.9 Å². The third-order valence-electron chi connectivity index (χ3n) is 4.27. The molecule has 7 nitrogen and oxygen atoms in total. The molecule has 0 spiro atoms. The SMILES string of the molecule is Brc1cccc(-c2nnc(CN3CCC(n4cncn4)CC3)o2)c1. The van der Waals surface area contributed by atoms with Gasteiger partial charge in [0.2, 0.25) is 11.8 Å². The van der Waals surface area contributed by atoms with Crippen molar-refractivity contribution in [1.29, 1.82) is 0 Å². The van der Waals surface area contributed by atoms with Crippen LogP contribution in [0.4, 0.5) is 0 Å². The van der Waals surface area contributed by atoms with E-state index in [2.05, 4.69) is 41.1 Å². The fraction of sp³-hybridized carbons (Fsp3) is 0.375. The molecule has 0 aliphatic carbocycles. The summed E-state index contributed by atoms with van der Waals surface area (Å²) in [5.74, 6) is 1.22. The minimum Gasteiger partial charge on any atom is -0.419 e. The van der Waals surface area contributed by atoms with E-state index >= 15 is 0 Å². The molecular formula is C16H17BrN6O. The molecular weight excluding hydrogens is 372 g/mol. The molecule has 1 fully saturated rings. The lowest BCUT2D eigenvalue weighted by atomic mass is 10.1. The molecule has 3 aromatic rings. The summed E-state index contributed by atoms with van der Waals surface area (Å²) in [6.45, 7) is 2.66. The molecule has 1 saturated heterocycles. The van der Waals surface area contributed by atoms with E-state index in [1.54, 1.807) is 12.7 Å². The van der Waals surface area contributed by atoms with E-state index in [0.29, 0.717) is 24.4 Å². The van der Waals surface area contributed by atoms with Crippen molar-refractivity contribution >= 4 is 15.9 Å². The van der Waals surface area contributed by atoms with Gasteiger partial charge in [-0.1, -0.05) is 22.0 Å². The van der Waals surface area contributed by atoms with Gasteiger partial charge in [-0.15, -0.1) is 10.2 Å². The lowest BCUT2D eigenvalue weighted by Gasteiger charge is -2.30. The van der Waals surface area contributed by atoms with Gasteiger partial charge in [0, 0.05) is 23.1 Å². The van der Waals surface area contributed by atoms with Gasteiger partial charge in [0.1, 0.15) is 12.7 Å². The summed E-state index contributed by atoms with van der Waals surface area (Å²) in [5.41, 5.74) is 0.924. The number of rotatable bonds is 4. The van der Waals surface area contributed by atoms with Crippen molar-refractivity contribution in [3.05, 3.63) is 47.3 Å². The molecule has 8 heteroatoms. The predicted octanol–water partition coefficient (Wildman–Crippen LogP) is 2.93. The number of halogens is 1. The molecule has 0 radical (unpaired) electrons. The van der Waals surface area contributed by atoms with E-state index < -0.39 is 0 Å². The van der Waals surface area contributed by atoms with Gasteiger partial charge in [0.05, 0.1) is 12.6 Å². The Morgan fingerprint density at radius 2 is 2.08 bits per heavy atom. The van der Waals surface area contributed by atoms with Gasteiger partial charge in [0.15, 0.2) is 0 Å². The first-order valence-electron chi connectivity index (χ1n) is 7.93. The summed E-state index contributed by atoms with van der Waals surface area (Å²) in [4.78, 5) is 6.36. The topological polar surface area (TPSA) is 72.9 Å². The molecule has 1 aromatic carbocycles. The van der Waals surface area contributed by atoms with Crippen LogP contribution in [0.25, 0.3) is 11.5 Å². The largest absolute Gasteiger partial charge is 0.419 e. The Kier molecular flexibility index (Phi) is 4.40. The second kappa shape index (κ2) is 6.82. The van der Waals surface area contributed by atoms with Crippen molar-refractivity contribution in [3.8, 4) is 11.5 Å². The highest BCUT2D eigenvalue weighted by molar-refractivity contribution is 9.10. The lowest BCUT2D eigenvalue weighted by molar-refractivity contribution is 0.161. The highest BCUT2D eigenvalue weighted by Crippen LogP contribution is 2.24. The number of aromatic nitrogens is 5. The zero-order valence-corrected chi connectivity index (χ0v) is 14.6. The van der Waals surface area contributed by atoms with E-state index in [4.69, 9.17) is 4.42 Å². The van der Waals surface area contributed by atoms with Crippen LogP contribution >= 0.6 is 15.9 Å². The lowest BCUT2D eigenvalue weighted by Crippen LogP contribution is -2.34. The maximum absolute atomic E-state index is 5.81. The zero-order valence-electron chi connectivity index (χ0n) is 13.0. The average molecular weight is 389 g/mol. The number of piperidine rings is 1. The van der Waals surface area contributed by atoms with E-state index in [9.17, 15) is 0 Å². The third-order valence-corrected chi connectivity index (χ3v) is 4.76. The molecule has 0 bridgehead atoms. The van der Waals surface area contributed by atoms with Crippen molar-refractivity contribution in [2.24, 2.45) is 0 Å². The standard InChI is InChI=1S/C16H17BrN6O/c17-13-3-1-2-12(8-13)16-21-20-15(24-16)9-22-6-4-14(5-7-22)23-11-18-10-19-23/h1-3,8,10-11,14H,4-7,9H2. The maximum Gasteiger partial charge on any atom is 0.247 e. The molecule has 0 amide bonds.